The number of hydrogen-bond acceptors (Lipinski definition) is 6. The molecule has 168 valence electrons. The lowest BCUT2D eigenvalue weighted by Crippen LogP contribution is -2.43. The van der Waals surface area contributed by atoms with E-state index in [9.17, 15) is 9.18 Å². The molecule has 9 heteroatoms. The number of nitrogens with one attached hydrogen (secondary N) is 1. The van der Waals surface area contributed by atoms with Crippen LogP contribution in [0.15, 0.2) is 59.4 Å². The van der Waals surface area contributed by atoms with Crippen molar-refractivity contribution in [1.82, 2.24) is 20.4 Å². The number of nitrogens with zero attached hydrogens (tertiary/aromatic N) is 4. The van der Waals surface area contributed by atoms with E-state index in [-0.39, 0.29) is 17.6 Å². The molecule has 3 heterocycles. The Morgan fingerprint density at radius 1 is 1.21 bits per heavy atom. The Morgan fingerprint density at radius 3 is 2.88 bits per heavy atom. The molecular formula is C24H21ClFN5O2. The summed E-state index contributed by atoms with van der Waals surface area (Å²) in [6.45, 7) is 1.69. The highest BCUT2D eigenvalue weighted by molar-refractivity contribution is 6.30. The summed E-state index contributed by atoms with van der Waals surface area (Å²) in [6.07, 6.45) is 3.07. The van der Waals surface area contributed by atoms with Gasteiger partial charge in [0.1, 0.15) is 29.0 Å². The van der Waals surface area contributed by atoms with Gasteiger partial charge >= 0.3 is 0 Å². The molecule has 1 N–H and O–H groups in total. The van der Waals surface area contributed by atoms with Crippen molar-refractivity contribution in [2.24, 2.45) is 5.92 Å². The third-order valence-corrected chi connectivity index (χ3v) is 6.05. The van der Waals surface area contributed by atoms with Gasteiger partial charge in [0, 0.05) is 30.2 Å². The molecule has 33 heavy (non-hydrogen) atoms. The van der Waals surface area contributed by atoms with Crippen LogP contribution in [0, 0.1) is 11.7 Å². The molecule has 7 nitrogen and oxygen atoms in total. The molecule has 0 aliphatic carbocycles. The monoisotopic (exact) mass is 465 g/mol. The molecule has 1 aliphatic heterocycles. The second-order valence-corrected chi connectivity index (χ2v) is 8.48. The minimum Gasteiger partial charge on any atom is -0.355 e. The Labute approximate surface area is 194 Å². The van der Waals surface area contributed by atoms with E-state index in [1.165, 1.54) is 18.5 Å². The number of halogens is 2. The number of carbonyl (C=O) groups excluding carboxylic acids is 1. The Kier molecular flexibility index (Phi) is 5.92. The van der Waals surface area contributed by atoms with E-state index in [1.807, 2.05) is 18.2 Å². The van der Waals surface area contributed by atoms with Crippen LogP contribution in [0.3, 0.4) is 0 Å². The van der Waals surface area contributed by atoms with E-state index < -0.39 is 0 Å². The molecular weight excluding hydrogens is 445 g/mol. The molecule has 1 atom stereocenters. The van der Waals surface area contributed by atoms with Gasteiger partial charge in [-0.15, -0.1) is 0 Å². The molecule has 1 fully saturated rings. The van der Waals surface area contributed by atoms with Crippen LogP contribution in [0.2, 0.25) is 5.02 Å². The van der Waals surface area contributed by atoms with Crippen molar-refractivity contribution in [3.05, 3.63) is 71.3 Å². The number of rotatable bonds is 5. The normalized spacial score (nSPS) is 16.2. The van der Waals surface area contributed by atoms with Gasteiger partial charge in [-0.3, -0.25) is 4.79 Å². The molecule has 0 bridgehead atoms. The second kappa shape index (κ2) is 9.15. The quantitative estimate of drug-likeness (QED) is 0.463. The summed E-state index contributed by atoms with van der Waals surface area (Å²) >= 11 is 6.04. The van der Waals surface area contributed by atoms with Crippen LogP contribution in [0.25, 0.3) is 22.4 Å². The van der Waals surface area contributed by atoms with Gasteiger partial charge in [0.05, 0.1) is 5.92 Å². The van der Waals surface area contributed by atoms with Crippen LogP contribution in [-0.4, -0.2) is 34.1 Å². The molecule has 5 rings (SSSR count). The van der Waals surface area contributed by atoms with E-state index in [0.29, 0.717) is 46.3 Å². The predicted molar refractivity (Wildman–Crippen MR) is 123 cm³/mol. The van der Waals surface area contributed by atoms with Crippen molar-refractivity contribution in [2.45, 2.75) is 19.4 Å². The molecule has 2 aromatic carbocycles. The number of aromatic nitrogens is 3. The Morgan fingerprint density at radius 2 is 2.06 bits per heavy atom. The number of fused-ring (bicyclic) bond motifs is 1. The Balaban J connectivity index is 1.37. The third kappa shape index (κ3) is 4.52. The first kappa shape index (κ1) is 21.3. The maximum Gasteiger partial charge on any atom is 0.263 e. The summed E-state index contributed by atoms with van der Waals surface area (Å²) in [4.78, 5) is 23.7. The SMILES string of the molecule is O=C(NCc1cccc(Cl)c1)[C@@H]1CCCN(c2ncnc3onc(-c4ccc(F)cc4)c23)C1. The van der Waals surface area contributed by atoms with E-state index in [0.717, 1.165) is 24.9 Å². The van der Waals surface area contributed by atoms with Crippen molar-refractivity contribution < 1.29 is 13.7 Å². The summed E-state index contributed by atoms with van der Waals surface area (Å²) in [7, 11) is 0. The molecule has 0 radical (unpaired) electrons. The summed E-state index contributed by atoms with van der Waals surface area (Å²) in [5.74, 6) is 0.143. The fourth-order valence-corrected chi connectivity index (χ4v) is 4.39. The van der Waals surface area contributed by atoms with E-state index in [4.69, 9.17) is 16.1 Å². The number of carbonyl (C=O) groups is 1. The first-order chi connectivity index (χ1) is 16.1. The topological polar surface area (TPSA) is 84.2 Å². The van der Waals surface area contributed by atoms with Crippen molar-refractivity contribution in [3.63, 3.8) is 0 Å². The molecule has 0 saturated carbocycles. The Bertz CT molecular complexity index is 1290. The average molecular weight is 466 g/mol. The van der Waals surface area contributed by atoms with Crippen LogP contribution in [0.5, 0.6) is 0 Å². The third-order valence-electron chi connectivity index (χ3n) is 5.82. The maximum absolute atomic E-state index is 13.4. The highest BCUT2D eigenvalue weighted by Crippen LogP contribution is 2.34. The van der Waals surface area contributed by atoms with Crippen LogP contribution in [0.1, 0.15) is 18.4 Å². The highest BCUT2D eigenvalue weighted by atomic mass is 35.5. The lowest BCUT2D eigenvalue weighted by Gasteiger charge is -2.33. The van der Waals surface area contributed by atoms with Crippen molar-refractivity contribution >= 4 is 34.4 Å². The fourth-order valence-electron chi connectivity index (χ4n) is 4.18. The second-order valence-electron chi connectivity index (χ2n) is 8.05. The zero-order valence-electron chi connectivity index (χ0n) is 17.7. The van der Waals surface area contributed by atoms with Crippen LogP contribution >= 0.6 is 11.6 Å². The molecule has 1 amide bonds. The van der Waals surface area contributed by atoms with Crippen LogP contribution in [-0.2, 0) is 11.3 Å². The number of amides is 1. The first-order valence-electron chi connectivity index (χ1n) is 10.7. The number of benzene rings is 2. The van der Waals surface area contributed by atoms with Gasteiger partial charge in [-0.05, 0) is 54.8 Å². The van der Waals surface area contributed by atoms with Crippen molar-refractivity contribution in [3.8, 4) is 11.3 Å². The molecule has 4 aromatic rings. The summed E-state index contributed by atoms with van der Waals surface area (Å²) in [6, 6.07) is 13.5. The average Bonchev–Trinajstić information content (AvgIpc) is 3.27. The minimum atomic E-state index is -0.328. The summed E-state index contributed by atoms with van der Waals surface area (Å²) in [5.41, 5.74) is 2.56. The number of piperidine rings is 1. The lowest BCUT2D eigenvalue weighted by molar-refractivity contribution is -0.125. The molecule has 1 saturated heterocycles. The van der Waals surface area contributed by atoms with Gasteiger partial charge in [-0.25, -0.2) is 9.37 Å². The van der Waals surface area contributed by atoms with Gasteiger partial charge in [0.25, 0.3) is 5.71 Å². The fraction of sp³-hybridized carbons (Fsp3) is 0.250. The summed E-state index contributed by atoms with van der Waals surface area (Å²) in [5, 5.41) is 8.48. The van der Waals surface area contributed by atoms with Crippen molar-refractivity contribution in [2.75, 3.05) is 18.0 Å². The zero-order chi connectivity index (χ0) is 22.8. The molecule has 0 spiro atoms. The van der Waals surface area contributed by atoms with Gasteiger partial charge in [0.2, 0.25) is 5.91 Å². The van der Waals surface area contributed by atoms with Gasteiger partial charge in [0.15, 0.2) is 0 Å². The van der Waals surface area contributed by atoms with E-state index >= 15 is 0 Å². The lowest BCUT2D eigenvalue weighted by atomic mass is 9.96. The summed E-state index contributed by atoms with van der Waals surface area (Å²) < 4.78 is 18.8. The van der Waals surface area contributed by atoms with Crippen molar-refractivity contribution in [1.29, 1.82) is 0 Å². The number of hydrogen-bond donors (Lipinski definition) is 1. The van der Waals surface area contributed by atoms with E-state index in [1.54, 1.807) is 18.2 Å². The van der Waals surface area contributed by atoms with Gasteiger partial charge < -0.3 is 14.7 Å². The van der Waals surface area contributed by atoms with E-state index in [2.05, 4.69) is 25.3 Å². The molecule has 1 aliphatic rings. The first-order valence-corrected chi connectivity index (χ1v) is 11.1. The number of anilines is 1. The largest absolute Gasteiger partial charge is 0.355 e. The van der Waals surface area contributed by atoms with Gasteiger partial charge in [-0.2, -0.15) is 4.98 Å². The molecule has 2 aromatic heterocycles. The maximum atomic E-state index is 13.4. The Hall–Kier alpha value is -3.52. The van der Waals surface area contributed by atoms with Gasteiger partial charge in [-0.1, -0.05) is 28.9 Å². The smallest absolute Gasteiger partial charge is 0.263 e. The van der Waals surface area contributed by atoms with Crippen LogP contribution < -0.4 is 10.2 Å². The zero-order valence-corrected chi connectivity index (χ0v) is 18.4. The highest BCUT2D eigenvalue weighted by Gasteiger charge is 2.29. The predicted octanol–water partition coefficient (Wildman–Crippen LogP) is 4.61. The minimum absolute atomic E-state index is 0.00551. The standard InChI is InChI=1S/C24H21ClFN5O2/c25-18-5-1-3-15(11-18)12-27-23(32)17-4-2-10-31(13-17)22-20-21(16-6-8-19(26)9-7-16)30-33-24(20)29-14-28-22/h1,3,5-9,11,14,17H,2,4,10,12-13H2,(H,27,32)/t17-/m1/s1. The van der Waals surface area contributed by atoms with Crippen LogP contribution in [0.4, 0.5) is 10.2 Å². The molecule has 0 unspecified atom stereocenters.